The molecule has 1 saturated heterocycles. The number of benzene rings is 2. The Bertz CT molecular complexity index is 849. The highest BCUT2D eigenvalue weighted by Gasteiger charge is 2.21. The molecule has 27 heavy (non-hydrogen) atoms. The molecule has 2 N–H and O–H groups in total. The van der Waals surface area contributed by atoms with Crippen LogP contribution in [-0.2, 0) is 0 Å². The van der Waals surface area contributed by atoms with Gasteiger partial charge in [-0.3, -0.25) is 4.79 Å². The maximum atomic E-state index is 13.6. The van der Waals surface area contributed by atoms with Crippen molar-refractivity contribution in [3.63, 3.8) is 0 Å². The highest BCUT2D eigenvalue weighted by atomic mass is 19.1. The lowest BCUT2D eigenvalue weighted by atomic mass is 9.98. The van der Waals surface area contributed by atoms with Crippen LogP contribution < -0.4 is 10.6 Å². The molecule has 1 aliphatic rings. The zero-order valence-electron chi connectivity index (χ0n) is 15.0. The van der Waals surface area contributed by atoms with Crippen LogP contribution in [-0.4, -0.2) is 29.9 Å². The lowest BCUT2D eigenvalue weighted by Gasteiger charge is -2.30. The fourth-order valence-electron chi connectivity index (χ4n) is 3.00. The van der Waals surface area contributed by atoms with Gasteiger partial charge in [0, 0.05) is 30.4 Å². The third-order valence-corrected chi connectivity index (χ3v) is 4.62. The van der Waals surface area contributed by atoms with Crippen LogP contribution in [0.2, 0.25) is 0 Å². The Labute approximate surface area is 156 Å². The van der Waals surface area contributed by atoms with E-state index in [4.69, 9.17) is 0 Å². The van der Waals surface area contributed by atoms with Gasteiger partial charge in [0.2, 0.25) is 0 Å². The number of carbonyl (C=O) groups excluding carboxylic acids is 2. The molecule has 7 heteroatoms. The molecule has 0 atom stereocenters. The van der Waals surface area contributed by atoms with Gasteiger partial charge < -0.3 is 15.5 Å². The molecule has 1 heterocycles. The monoisotopic (exact) mass is 373 g/mol. The number of anilines is 2. The van der Waals surface area contributed by atoms with Gasteiger partial charge in [0.25, 0.3) is 5.91 Å². The van der Waals surface area contributed by atoms with E-state index < -0.39 is 17.7 Å². The smallest absolute Gasteiger partial charge is 0.323 e. The topological polar surface area (TPSA) is 61.4 Å². The Morgan fingerprint density at radius 3 is 2.48 bits per heavy atom. The fourth-order valence-corrected chi connectivity index (χ4v) is 3.00. The molecule has 2 aromatic carbocycles. The van der Waals surface area contributed by atoms with Crippen LogP contribution in [0.3, 0.4) is 0 Å². The molecule has 1 fully saturated rings. The van der Waals surface area contributed by atoms with Crippen LogP contribution in [0, 0.1) is 17.6 Å². The minimum atomic E-state index is -0.867. The van der Waals surface area contributed by atoms with E-state index in [1.54, 1.807) is 24.3 Å². The highest BCUT2D eigenvalue weighted by molar-refractivity contribution is 6.01. The molecule has 0 saturated carbocycles. The van der Waals surface area contributed by atoms with Crippen molar-refractivity contribution in [3.8, 4) is 0 Å². The van der Waals surface area contributed by atoms with Crippen molar-refractivity contribution in [3.05, 3.63) is 59.7 Å². The Morgan fingerprint density at radius 1 is 1.04 bits per heavy atom. The number of hydrogen-bond acceptors (Lipinski definition) is 2. The third-order valence-electron chi connectivity index (χ3n) is 4.62. The summed E-state index contributed by atoms with van der Waals surface area (Å²) in [6.45, 7) is 3.62. The van der Waals surface area contributed by atoms with Crippen molar-refractivity contribution < 1.29 is 18.4 Å². The van der Waals surface area contributed by atoms with Crippen molar-refractivity contribution in [2.45, 2.75) is 19.8 Å². The number of hydrogen-bond donors (Lipinski definition) is 2. The van der Waals surface area contributed by atoms with Crippen LogP contribution in [0.15, 0.2) is 42.5 Å². The largest absolute Gasteiger partial charge is 0.339 e. The minimum Gasteiger partial charge on any atom is -0.339 e. The molecule has 1 aliphatic heterocycles. The molecule has 0 spiro atoms. The summed E-state index contributed by atoms with van der Waals surface area (Å²) < 4.78 is 26.5. The first kappa shape index (κ1) is 18.8. The predicted molar refractivity (Wildman–Crippen MR) is 99.7 cm³/mol. The summed E-state index contributed by atoms with van der Waals surface area (Å²) in [6, 6.07) is 8.79. The number of likely N-dealkylation sites (tertiary alicyclic amines) is 1. The predicted octanol–water partition coefficient (Wildman–Crippen LogP) is 4.48. The second-order valence-corrected chi connectivity index (χ2v) is 6.76. The minimum absolute atomic E-state index is 0.0736. The maximum absolute atomic E-state index is 13.6. The van der Waals surface area contributed by atoms with E-state index in [2.05, 4.69) is 17.6 Å². The van der Waals surface area contributed by atoms with Crippen molar-refractivity contribution in [1.82, 2.24) is 4.90 Å². The number of halogens is 2. The summed E-state index contributed by atoms with van der Waals surface area (Å²) in [5.41, 5.74) is 0.755. The van der Waals surface area contributed by atoms with Crippen LogP contribution >= 0.6 is 0 Å². The molecule has 5 nitrogen and oxygen atoms in total. The van der Waals surface area contributed by atoms with Crippen LogP contribution in [0.25, 0.3) is 0 Å². The van der Waals surface area contributed by atoms with Gasteiger partial charge in [-0.2, -0.15) is 0 Å². The van der Waals surface area contributed by atoms with E-state index in [1.807, 2.05) is 4.90 Å². The van der Waals surface area contributed by atoms with Gasteiger partial charge in [0.05, 0.1) is 5.69 Å². The number of rotatable bonds is 3. The number of carbonyl (C=O) groups is 2. The van der Waals surface area contributed by atoms with Gasteiger partial charge in [0.15, 0.2) is 0 Å². The molecule has 0 aliphatic carbocycles. The van der Waals surface area contributed by atoms with Gasteiger partial charge in [0.1, 0.15) is 11.6 Å². The lowest BCUT2D eigenvalue weighted by Crippen LogP contribution is -2.37. The third kappa shape index (κ3) is 4.81. The first-order valence-electron chi connectivity index (χ1n) is 8.85. The second kappa shape index (κ2) is 8.16. The van der Waals surface area contributed by atoms with Crippen LogP contribution in [0.5, 0.6) is 0 Å². The van der Waals surface area contributed by atoms with E-state index >= 15 is 0 Å². The first-order valence-corrected chi connectivity index (χ1v) is 8.85. The molecular formula is C20H21F2N3O2. The summed E-state index contributed by atoms with van der Waals surface area (Å²) in [6.07, 6.45) is 1.96. The molecule has 0 radical (unpaired) electrons. The van der Waals surface area contributed by atoms with E-state index in [9.17, 15) is 18.4 Å². The molecule has 3 amide bonds. The molecule has 0 aromatic heterocycles. The summed E-state index contributed by atoms with van der Waals surface area (Å²) >= 11 is 0. The van der Waals surface area contributed by atoms with Gasteiger partial charge in [-0.1, -0.05) is 13.0 Å². The summed E-state index contributed by atoms with van der Waals surface area (Å²) in [4.78, 5) is 26.5. The average Bonchev–Trinajstić information content (AvgIpc) is 2.64. The maximum Gasteiger partial charge on any atom is 0.323 e. The molecule has 3 rings (SSSR count). The zero-order valence-corrected chi connectivity index (χ0v) is 15.0. The summed E-state index contributed by atoms with van der Waals surface area (Å²) in [5, 5.41) is 4.87. The molecule has 142 valence electrons. The first-order chi connectivity index (χ1) is 12.9. The van der Waals surface area contributed by atoms with Gasteiger partial charge >= 0.3 is 6.03 Å². The Hall–Kier alpha value is -2.96. The Kier molecular flexibility index (Phi) is 5.69. The number of amides is 3. The number of nitrogens with one attached hydrogen (secondary N) is 2. The number of piperidine rings is 1. The summed E-state index contributed by atoms with van der Waals surface area (Å²) in [7, 11) is 0. The van der Waals surface area contributed by atoms with Crippen molar-refractivity contribution in [2.75, 3.05) is 23.7 Å². The fraction of sp³-hybridized carbons (Fsp3) is 0.300. The second-order valence-electron chi connectivity index (χ2n) is 6.76. The van der Waals surface area contributed by atoms with Crippen LogP contribution in [0.4, 0.5) is 25.0 Å². The number of urea groups is 1. The van der Waals surface area contributed by atoms with E-state index in [0.29, 0.717) is 23.2 Å². The van der Waals surface area contributed by atoms with E-state index in [-0.39, 0.29) is 11.6 Å². The molecule has 2 aromatic rings. The number of nitrogens with zero attached hydrogens (tertiary/aromatic N) is 1. The van der Waals surface area contributed by atoms with E-state index in [1.165, 1.54) is 0 Å². The normalized spacial score (nSPS) is 14.7. The highest BCUT2D eigenvalue weighted by Crippen LogP contribution is 2.20. The SMILES string of the molecule is CC1CCN(C(=O)c2cccc(NC(=O)Nc3ccc(F)cc3F)c2)CC1. The molecule has 0 unspecified atom stereocenters. The van der Waals surface area contributed by atoms with Gasteiger partial charge in [-0.25, -0.2) is 13.6 Å². The molecular weight excluding hydrogens is 352 g/mol. The zero-order chi connectivity index (χ0) is 19.4. The average molecular weight is 373 g/mol. The quantitative estimate of drug-likeness (QED) is 0.833. The van der Waals surface area contributed by atoms with Crippen molar-refractivity contribution >= 4 is 23.3 Å². The van der Waals surface area contributed by atoms with Crippen molar-refractivity contribution in [2.24, 2.45) is 5.92 Å². The standard InChI is InChI=1S/C20H21F2N3O2/c1-13-7-9-25(10-8-13)19(26)14-3-2-4-16(11-14)23-20(27)24-18-6-5-15(21)12-17(18)22/h2-6,11-13H,7-10H2,1H3,(H2,23,24,27). The van der Waals surface area contributed by atoms with Crippen molar-refractivity contribution in [1.29, 1.82) is 0 Å². The Morgan fingerprint density at radius 2 is 1.78 bits per heavy atom. The molecule has 0 bridgehead atoms. The van der Waals surface area contributed by atoms with Gasteiger partial charge in [-0.05, 0) is 49.1 Å². The summed E-state index contributed by atoms with van der Waals surface area (Å²) in [5.74, 6) is -1.04. The van der Waals surface area contributed by atoms with E-state index in [0.717, 1.165) is 38.1 Å². The van der Waals surface area contributed by atoms with Crippen LogP contribution in [0.1, 0.15) is 30.1 Å². The van der Waals surface area contributed by atoms with Gasteiger partial charge in [-0.15, -0.1) is 0 Å². The Balaban J connectivity index is 1.64. The lowest BCUT2D eigenvalue weighted by molar-refractivity contribution is 0.0697.